The molecule has 1 rings (SSSR count). The summed E-state index contributed by atoms with van der Waals surface area (Å²) < 4.78 is 23.6. The summed E-state index contributed by atoms with van der Waals surface area (Å²) in [7, 11) is 0. The fraction of sp³-hybridized carbons (Fsp3) is 0.556. The normalized spacial score (nSPS) is 13.1. The third-order valence-electron chi connectivity index (χ3n) is 2.74. The van der Waals surface area contributed by atoms with Gasteiger partial charge in [0.25, 0.3) is 0 Å². The lowest BCUT2D eigenvalue weighted by Gasteiger charge is -2.26. The van der Waals surface area contributed by atoms with E-state index in [-0.39, 0.29) is 12.2 Å². The van der Waals surface area contributed by atoms with Crippen LogP contribution in [-0.4, -0.2) is 29.3 Å². The highest BCUT2D eigenvalue weighted by atomic mass is 19.1. The standard InChI is InChI=1S/C18H26FNO4/c1-17(2,3)23-15(21)14(20-16(22)24-18(4,5)6)11-12-7-9-13(19)10-8-12/h7-10,14H,11H2,1-6H3,(H,20,22). The van der Waals surface area contributed by atoms with Gasteiger partial charge in [-0.05, 0) is 59.2 Å². The minimum atomic E-state index is -0.926. The molecule has 0 aliphatic carbocycles. The highest BCUT2D eigenvalue weighted by Gasteiger charge is 2.28. The van der Waals surface area contributed by atoms with Crippen LogP contribution in [0.4, 0.5) is 9.18 Å². The summed E-state index contributed by atoms with van der Waals surface area (Å²) in [6.07, 6.45) is -0.533. The molecule has 1 aromatic rings. The van der Waals surface area contributed by atoms with Crippen molar-refractivity contribution in [3.63, 3.8) is 0 Å². The fourth-order valence-corrected chi connectivity index (χ4v) is 1.87. The van der Waals surface area contributed by atoms with Crippen LogP contribution in [0.25, 0.3) is 0 Å². The van der Waals surface area contributed by atoms with Crippen molar-refractivity contribution in [3.05, 3.63) is 35.6 Å². The van der Waals surface area contributed by atoms with Crippen LogP contribution in [0, 0.1) is 5.82 Å². The molecule has 134 valence electrons. The van der Waals surface area contributed by atoms with Crippen LogP contribution in [0.1, 0.15) is 47.1 Å². The second-order valence-corrected chi connectivity index (χ2v) is 7.56. The first kappa shape index (κ1) is 19.9. The molecular formula is C18H26FNO4. The Morgan fingerprint density at radius 3 is 1.96 bits per heavy atom. The predicted octanol–water partition coefficient (Wildman–Crippen LogP) is 3.60. The molecule has 0 aliphatic heterocycles. The van der Waals surface area contributed by atoms with Gasteiger partial charge < -0.3 is 14.8 Å². The zero-order chi connectivity index (χ0) is 18.5. The van der Waals surface area contributed by atoms with E-state index in [0.717, 1.165) is 0 Å². The molecule has 0 bridgehead atoms. The van der Waals surface area contributed by atoms with Crippen molar-refractivity contribution in [1.29, 1.82) is 0 Å². The van der Waals surface area contributed by atoms with Crippen molar-refractivity contribution in [2.75, 3.05) is 0 Å². The molecule has 5 nitrogen and oxygen atoms in total. The molecule has 6 heteroatoms. The van der Waals surface area contributed by atoms with Gasteiger partial charge in [-0.3, -0.25) is 0 Å². The lowest BCUT2D eigenvalue weighted by Crippen LogP contribution is -2.47. The third-order valence-corrected chi connectivity index (χ3v) is 2.74. The molecule has 1 unspecified atom stereocenters. The first-order chi connectivity index (χ1) is 10.9. The molecule has 1 N–H and O–H groups in total. The Labute approximate surface area is 142 Å². The van der Waals surface area contributed by atoms with Gasteiger partial charge in [-0.2, -0.15) is 0 Å². The summed E-state index contributed by atoms with van der Waals surface area (Å²) in [5.41, 5.74) is -0.671. The maximum atomic E-state index is 13.0. The SMILES string of the molecule is CC(C)(C)OC(=O)NC(Cc1ccc(F)cc1)C(=O)OC(C)(C)C. The number of carbonyl (C=O) groups excluding carboxylic acids is 2. The summed E-state index contributed by atoms with van der Waals surface area (Å²) in [5, 5.41) is 2.53. The molecule has 1 aromatic carbocycles. The number of nitrogens with one attached hydrogen (secondary N) is 1. The van der Waals surface area contributed by atoms with Crippen LogP contribution in [0.5, 0.6) is 0 Å². The highest BCUT2D eigenvalue weighted by molar-refractivity contribution is 5.82. The second kappa shape index (κ2) is 7.64. The van der Waals surface area contributed by atoms with E-state index >= 15 is 0 Å². The Kier molecular flexibility index (Phi) is 6.35. The minimum absolute atomic E-state index is 0.175. The zero-order valence-corrected chi connectivity index (χ0v) is 15.1. The largest absolute Gasteiger partial charge is 0.458 e. The summed E-state index contributed by atoms with van der Waals surface area (Å²) >= 11 is 0. The van der Waals surface area contributed by atoms with Gasteiger partial charge in [-0.1, -0.05) is 12.1 Å². The minimum Gasteiger partial charge on any atom is -0.458 e. The lowest BCUT2D eigenvalue weighted by molar-refractivity contribution is -0.157. The molecule has 0 spiro atoms. The van der Waals surface area contributed by atoms with Crippen LogP contribution >= 0.6 is 0 Å². The van der Waals surface area contributed by atoms with Gasteiger partial charge in [-0.15, -0.1) is 0 Å². The van der Waals surface area contributed by atoms with Gasteiger partial charge >= 0.3 is 12.1 Å². The Morgan fingerprint density at radius 2 is 1.50 bits per heavy atom. The van der Waals surface area contributed by atoms with Crippen molar-refractivity contribution in [2.24, 2.45) is 0 Å². The number of hydrogen-bond donors (Lipinski definition) is 1. The molecule has 0 saturated heterocycles. The molecule has 0 aliphatic rings. The van der Waals surface area contributed by atoms with E-state index in [0.29, 0.717) is 5.56 Å². The van der Waals surface area contributed by atoms with Crippen molar-refractivity contribution in [1.82, 2.24) is 5.32 Å². The first-order valence-corrected chi connectivity index (χ1v) is 7.82. The quantitative estimate of drug-likeness (QED) is 0.851. The number of amides is 1. The van der Waals surface area contributed by atoms with E-state index in [1.807, 2.05) is 0 Å². The van der Waals surface area contributed by atoms with Crippen LogP contribution in [0.3, 0.4) is 0 Å². The van der Waals surface area contributed by atoms with Crippen LogP contribution in [0.15, 0.2) is 24.3 Å². The van der Waals surface area contributed by atoms with Crippen LogP contribution in [-0.2, 0) is 20.7 Å². The lowest BCUT2D eigenvalue weighted by atomic mass is 10.1. The Balaban J connectivity index is 2.88. The van der Waals surface area contributed by atoms with Gasteiger partial charge in [0.15, 0.2) is 0 Å². The van der Waals surface area contributed by atoms with Crippen LogP contribution in [0.2, 0.25) is 0 Å². The third kappa shape index (κ3) is 7.94. The monoisotopic (exact) mass is 339 g/mol. The maximum Gasteiger partial charge on any atom is 0.408 e. The van der Waals surface area contributed by atoms with E-state index in [2.05, 4.69) is 5.32 Å². The number of esters is 1. The number of hydrogen-bond acceptors (Lipinski definition) is 4. The molecule has 0 aromatic heterocycles. The molecule has 0 saturated carbocycles. The van der Waals surface area contributed by atoms with E-state index in [9.17, 15) is 14.0 Å². The maximum absolute atomic E-state index is 13.0. The highest BCUT2D eigenvalue weighted by Crippen LogP contribution is 2.13. The van der Waals surface area contributed by atoms with Gasteiger partial charge in [0.2, 0.25) is 0 Å². The average Bonchev–Trinajstić information content (AvgIpc) is 2.36. The number of carbonyl (C=O) groups is 2. The number of alkyl carbamates (subject to hydrolysis) is 1. The summed E-state index contributed by atoms with van der Waals surface area (Å²) in [6, 6.07) is 4.79. The second-order valence-electron chi connectivity index (χ2n) is 7.56. The molecule has 0 fully saturated rings. The van der Waals surface area contributed by atoms with Gasteiger partial charge in [0, 0.05) is 6.42 Å². The molecule has 24 heavy (non-hydrogen) atoms. The van der Waals surface area contributed by atoms with E-state index in [1.165, 1.54) is 12.1 Å². The zero-order valence-electron chi connectivity index (χ0n) is 15.1. The topological polar surface area (TPSA) is 64.6 Å². The molecule has 1 atom stereocenters. The molecule has 0 radical (unpaired) electrons. The van der Waals surface area contributed by atoms with Crippen LogP contribution < -0.4 is 5.32 Å². The number of benzene rings is 1. The van der Waals surface area contributed by atoms with Crippen molar-refractivity contribution in [3.8, 4) is 0 Å². The van der Waals surface area contributed by atoms with Crippen molar-refractivity contribution in [2.45, 2.75) is 65.2 Å². The Bertz CT molecular complexity index is 570. The van der Waals surface area contributed by atoms with E-state index < -0.39 is 29.3 Å². The van der Waals surface area contributed by atoms with Crippen molar-refractivity contribution >= 4 is 12.1 Å². The molecule has 0 heterocycles. The van der Waals surface area contributed by atoms with E-state index in [4.69, 9.17) is 9.47 Å². The number of ether oxygens (including phenoxy) is 2. The average molecular weight is 339 g/mol. The summed E-state index contributed by atoms with van der Waals surface area (Å²) in [5.74, 6) is -0.939. The molecular weight excluding hydrogens is 313 g/mol. The Morgan fingerprint density at radius 1 is 1.00 bits per heavy atom. The van der Waals surface area contributed by atoms with Gasteiger partial charge in [-0.25, -0.2) is 14.0 Å². The van der Waals surface area contributed by atoms with Gasteiger partial charge in [0.1, 0.15) is 23.1 Å². The van der Waals surface area contributed by atoms with Gasteiger partial charge in [0.05, 0.1) is 0 Å². The number of rotatable bonds is 4. The first-order valence-electron chi connectivity index (χ1n) is 7.82. The Hall–Kier alpha value is -2.11. The summed E-state index contributed by atoms with van der Waals surface area (Å²) in [6.45, 7) is 10.4. The summed E-state index contributed by atoms with van der Waals surface area (Å²) in [4.78, 5) is 24.3. The van der Waals surface area contributed by atoms with E-state index in [1.54, 1.807) is 53.7 Å². The predicted molar refractivity (Wildman–Crippen MR) is 89.1 cm³/mol. The smallest absolute Gasteiger partial charge is 0.408 e. The fourth-order valence-electron chi connectivity index (χ4n) is 1.87. The number of halogens is 1. The molecule has 1 amide bonds. The van der Waals surface area contributed by atoms with Crippen molar-refractivity contribution < 1.29 is 23.5 Å².